The van der Waals surface area contributed by atoms with E-state index in [1.165, 1.54) is 0 Å². The van der Waals surface area contributed by atoms with Gasteiger partial charge in [0.15, 0.2) is 5.84 Å². The molecule has 116 valence electrons. The zero-order valence-electron chi connectivity index (χ0n) is 12.2. The van der Waals surface area contributed by atoms with Crippen LogP contribution in [0.2, 0.25) is 5.02 Å². The zero-order valence-corrected chi connectivity index (χ0v) is 14.5. The van der Waals surface area contributed by atoms with Gasteiger partial charge in [-0.05, 0) is 53.4 Å². The van der Waals surface area contributed by atoms with Crippen LogP contribution in [-0.2, 0) is 4.79 Å². The number of anilines is 1. The molecule has 0 spiro atoms. The maximum Gasteiger partial charge on any atom is 0.238 e. The summed E-state index contributed by atoms with van der Waals surface area (Å²) in [4.78, 5) is 12.6. The van der Waals surface area contributed by atoms with Gasteiger partial charge in [0, 0.05) is 9.50 Å². The Labute approximate surface area is 137 Å². The molecule has 0 heterocycles. The first-order valence-corrected chi connectivity index (χ1v) is 7.74. The summed E-state index contributed by atoms with van der Waals surface area (Å²) in [6, 6.07) is 3.49. The van der Waals surface area contributed by atoms with Gasteiger partial charge in [-0.1, -0.05) is 30.6 Å². The van der Waals surface area contributed by atoms with Gasteiger partial charge in [0.05, 0.1) is 5.69 Å². The monoisotopic (exact) mass is 375 g/mol. The number of hydrogen-bond acceptors (Lipinski definition) is 3. The number of aryl methyl sites for hydroxylation is 1. The first-order chi connectivity index (χ1) is 9.82. The van der Waals surface area contributed by atoms with Crippen molar-refractivity contribution in [2.75, 3.05) is 5.32 Å². The number of amides is 1. The number of halogens is 2. The van der Waals surface area contributed by atoms with E-state index in [-0.39, 0.29) is 11.7 Å². The molecule has 0 aliphatic heterocycles. The highest BCUT2D eigenvalue weighted by molar-refractivity contribution is 9.10. The third-order valence-corrected chi connectivity index (χ3v) is 4.80. The minimum Gasteiger partial charge on any atom is -0.409 e. The number of oxime groups is 1. The molecule has 0 saturated carbocycles. The zero-order chi connectivity index (χ0) is 16.2. The van der Waals surface area contributed by atoms with Crippen molar-refractivity contribution in [2.24, 2.45) is 16.3 Å². The first-order valence-electron chi connectivity index (χ1n) is 6.57. The molecule has 0 bridgehead atoms. The van der Waals surface area contributed by atoms with Crippen LogP contribution in [0.15, 0.2) is 21.8 Å². The highest BCUT2D eigenvalue weighted by atomic mass is 79.9. The van der Waals surface area contributed by atoms with E-state index in [2.05, 4.69) is 26.4 Å². The molecule has 0 aliphatic rings. The second-order valence-electron chi connectivity index (χ2n) is 4.81. The summed E-state index contributed by atoms with van der Waals surface area (Å²) in [6.07, 6.45) is 0.838. The van der Waals surface area contributed by atoms with Crippen molar-refractivity contribution in [3.05, 3.63) is 27.2 Å². The molecule has 0 aliphatic carbocycles. The van der Waals surface area contributed by atoms with Gasteiger partial charge in [0.1, 0.15) is 5.41 Å². The Morgan fingerprint density at radius 1 is 1.48 bits per heavy atom. The molecule has 1 aromatic carbocycles. The Hall–Kier alpha value is -1.27. The largest absolute Gasteiger partial charge is 0.409 e. The summed E-state index contributed by atoms with van der Waals surface area (Å²) in [7, 11) is 0. The lowest BCUT2D eigenvalue weighted by molar-refractivity contribution is -0.122. The fourth-order valence-electron chi connectivity index (χ4n) is 2.13. The smallest absolute Gasteiger partial charge is 0.238 e. The van der Waals surface area contributed by atoms with Gasteiger partial charge < -0.3 is 16.3 Å². The highest BCUT2D eigenvalue weighted by Gasteiger charge is 2.40. The molecule has 0 fully saturated rings. The van der Waals surface area contributed by atoms with E-state index in [1.807, 2.05) is 26.8 Å². The molecular formula is C14H19BrClN3O2. The number of amidine groups is 1. The second kappa shape index (κ2) is 7.13. The van der Waals surface area contributed by atoms with E-state index < -0.39 is 5.41 Å². The number of carbonyl (C=O) groups excluding carboxylic acids is 1. The summed E-state index contributed by atoms with van der Waals surface area (Å²) >= 11 is 9.47. The number of carbonyl (C=O) groups is 1. The molecule has 0 atom stereocenters. The molecule has 5 nitrogen and oxygen atoms in total. The number of nitrogens with zero attached hydrogens (tertiary/aromatic N) is 1. The van der Waals surface area contributed by atoms with Crippen LogP contribution < -0.4 is 11.1 Å². The number of hydrogen-bond donors (Lipinski definition) is 3. The average molecular weight is 377 g/mol. The van der Waals surface area contributed by atoms with Crippen LogP contribution in [0.5, 0.6) is 0 Å². The maximum atomic E-state index is 12.6. The topological polar surface area (TPSA) is 87.7 Å². The van der Waals surface area contributed by atoms with Crippen molar-refractivity contribution in [3.8, 4) is 0 Å². The van der Waals surface area contributed by atoms with Gasteiger partial charge in [-0.15, -0.1) is 0 Å². The molecule has 21 heavy (non-hydrogen) atoms. The van der Waals surface area contributed by atoms with Gasteiger partial charge in [0.2, 0.25) is 5.91 Å². The van der Waals surface area contributed by atoms with Crippen LogP contribution in [-0.4, -0.2) is 17.0 Å². The van der Waals surface area contributed by atoms with Crippen molar-refractivity contribution in [2.45, 2.75) is 33.6 Å². The minimum absolute atomic E-state index is 0.0978. The maximum absolute atomic E-state index is 12.6. The number of benzene rings is 1. The van der Waals surface area contributed by atoms with E-state index in [1.54, 1.807) is 6.07 Å². The van der Waals surface area contributed by atoms with Gasteiger partial charge in [-0.2, -0.15) is 0 Å². The lowest BCUT2D eigenvalue weighted by Crippen LogP contribution is -2.46. The Kier molecular flexibility index (Phi) is 6.04. The summed E-state index contributed by atoms with van der Waals surface area (Å²) in [5.41, 5.74) is 6.12. The number of rotatable bonds is 5. The van der Waals surface area contributed by atoms with Crippen LogP contribution in [0.1, 0.15) is 32.3 Å². The van der Waals surface area contributed by atoms with E-state index in [0.717, 1.165) is 10.0 Å². The van der Waals surface area contributed by atoms with Gasteiger partial charge in [0.25, 0.3) is 0 Å². The summed E-state index contributed by atoms with van der Waals surface area (Å²) in [6.45, 7) is 5.51. The summed E-state index contributed by atoms with van der Waals surface area (Å²) in [5.74, 6) is -0.428. The fraction of sp³-hybridized carbons (Fsp3) is 0.429. The van der Waals surface area contributed by atoms with Crippen molar-refractivity contribution in [1.29, 1.82) is 0 Å². The Morgan fingerprint density at radius 2 is 2.05 bits per heavy atom. The summed E-state index contributed by atoms with van der Waals surface area (Å²) in [5, 5.41) is 15.3. The predicted octanol–water partition coefficient (Wildman–Crippen LogP) is 3.90. The molecule has 7 heteroatoms. The molecule has 0 radical (unpaired) electrons. The average Bonchev–Trinajstić information content (AvgIpc) is 2.46. The predicted molar refractivity (Wildman–Crippen MR) is 88.9 cm³/mol. The SMILES string of the molecule is CCC(CC)(C(=O)Nc1cc(Cl)c(C)cc1Br)/C(N)=N/O. The van der Waals surface area contributed by atoms with Crippen molar-refractivity contribution in [1.82, 2.24) is 0 Å². The third kappa shape index (κ3) is 3.49. The molecular weight excluding hydrogens is 358 g/mol. The lowest BCUT2D eigenvalue weighted by atomic mass is 9.80. The Morgan fingerprint density at radius 3 is 2.52 bits per heavy atom. The van der Waals surface area contributed by atoms with E-state index in [0.29, 0.717) is 23.6 Å². The molecule has 1 rings (SSSR count). The minimum atomic E-state index is -1.05. The van der Waals surface area contributed by atoms with Crippen molar-refractivity contribution < 1.29 is 10.0 Å². The Bertz CT molecular complexity index is 572. The van der Waals surface area contributed by atoms with Crippen LogP contribution in [0.25, 0.3) is 0 Å². The molecule has 0 saturated heterocycles. The van der Waals surface area contributed by atoms with E-state index >= 15 is 0 Å². The molecule has 0 aromatic heterocycles. The van der Waals surface area contributed by atoms with Gasteiger partial charge in [-0.25, -0.2) is 0 Å². The fourth-order valence-corrected chi connectivity index (χ4v) is 2.85. The van der Waals surface area contributed by atoms with Crippen LogP contribution >= 0.6 is 27.5 Å². The van der Waals surface area contributed by atoms with Crippen LogP contribution in [0, 0.1) is 12.3 Å². The molecule has 1 amide bonds. The quantitative estimate of drug-likeness (QED) is 0.315. The second-order valence-corrected chi connectivity index (χ2v) is 6.07. The standard InChI is InChI=1S/C14H19BrClN3O2/c1-4-14(5-2,12(17)19-21)13(20)18-11-7-10(16)8(3)6-9(11)15/h6-7,21H,4-5H2,1-3H3,(H2,17,19)(H,18,20). The first kappa shape index (κ1) is 17.8. The van der Waals surface area contributed by atoms with Crippen molar-refractivity contribution in [3.63, 3.8) is 0 Å². The number of nitrogens with one attached hydrogen (secondary N) is 1. The van der Waals surface area contributed by atoms with Gasteiger partial charge in [-0.3, -0.25) is 4.79 Å². The molecule has 1 aromatic rings. The van der Waals surface area contributed by atoms with Gasteiger partial charge >= 0.3 is 0 Å². The summed E-state index contributed by atoms with van der Waals surface area (Å²) < 4.78 is 0.721. The number of nitrogens with two attached hydrogens (primary N) is 1. The molecule has 0 unspecified atom stereocenters. The normalized spacial score (nSPS) is 12.3. The van der Waals surface area contributed by atoms with E-state index in [9.17, 15) is 4.79 Å². The third-order valence-electron chi connectivity index (χ3n) is 3.74. The Balaban J connectivity index is 3.17. The van der Waals surface area contributed by atoms with Crippen LogP contribution in [0.4, 0.5) is 5.69 Å². The highest BCUT2D eigenvalue weighted by Crippen LogP contribution is 2.33. The van der Waals surface area contributed by atoms with Crippen molar-refractivity contribution >= 4 is 45.0 Å². The van der Waals surface area contributed by atoms with E-state index in [4.69, 9.17) is 22.5 Å². The van der Waals surface area contributed by atoms with Crippen LogP contribution in [0.3, 0.4) is 0 Å². The lowest BCUT2D eigenvalue weighted by Gasteiger charge is -2.28. The molecule has 4 N–H and O–H groups in total.